The fraction of sp³-hybridized carbons (Fsp3) is 0.174. The van der Waals surface area contributed by atoms with Crippen molar-refractivity contribution in [1.29, 1.82) is 0 Å². The van der Waals surface area contributed by atoms with E-state index in [4.69, 9.17) is 11.6 Å². The van der Waals surface area contributed by atoms with Gasteiger partial charge in [-0.1, -0.05) is 66.2 Å². The maximum atomic E-state index is 10.9. The van der Waals surface area contributed by atoms with Gasteiger partial charge in [0.1, 0.15) is 6.29 Å². The molecule has 1 unspecified atom stereocenters. The maximum absolute atomic E-state index is 10.9. The lowest BCUT2D eigenvalue weighted by Crippen LogP contribution is -2.06. The summed E-state index contributed by atoms with van der Waals surface area (Å²) in [5.74, 6) is 0.196. The molecule has 126 valence electrons. The lowest BCUT2D eigenvalue weighted by Gasteiger charge is -2.19. The van der Waals surface area contributed by atoms with Crippen LogP contribution in [0.25, 0.3) is 0 Å². The van der Waals surface area contributed by atoms with Crippen LogP contribution in [-0.2, 0) is 6.42 Å². The fourth-order valence-corrected chi connectivity index (χ4v) is 3.32. The van der Waals surface area contributed by atoms with Gasteiger partial charge in [0.25, 0.3) is 0 Å². The molecule has 0 heterocycles. The molecule has 0 radical (unpaired) electrons. The highest BCUT2D eigenvalue weighted by Crippen LogP contribution is 2.30. The Hall–Kier alpha value is -2.38. The van der Waals surface area contributed by atoms with Crippen molar-refractivity contribution in [3.05, 3.63) is 105 Å². The Bertz CT molecular complexity index is 881. The number of hydrogen-bond acceptors (Lipinski definition) is 1. The van der Waals surface area contributed by atoms with Gasteiger partial charge in [-0.2, -0.15) is 0 Å². The average Bonchev–Trinajstić information content (AvgIpc) is 2.63. The average molecular weight is 349 g/mol. The van der Waals surface area contributed by atoms with Crippen molar-refractivity contribution in [2.24, 2.45) is 0 Å². The molecule has 1 atom stereocenters. The van der Waals surface area contributed by atoms with Crippen molar-refractivity contribution in [1.82, 2.24) is 0 Å². The van der Waals surface area contributed by atoms with Crippen LogP contribution in [0.3, 0.4) is 0 Å². The van der Waals surface area contributed by atoms with Gasteiger partial charge in [0.15, 0.2) is 0 Å². The molecule has 0 saturated carbocycles. The second-order valence-electron chi connectivity index (χ2n) is 6.51. The van der Waals surface area contributed by atoms with E-state index in [1.54, 1.807) is 0 Å². The molecular formula is C23H21ClO. The van der Waals surface area contributed by atoms with Gasteiger partial charge < -0.3 is 0 Å². The van der Waals surface area contributed by atoms with Gasteiger partial charge in [-0.05, 0) is 60.2 Å². The molecule has 0 aliphatic rings. The molecule has 3 rings (SSSR count). The number of halogens is 1. The van der Waals surface area contributed by atoms with Crippen LogP contribution in [-0.4, -0.2) is 6.29 Å². The zero-order chi connectivity index (χ0) is 17.8. The molecule has 0 fully saturated rings. The second kappa shape index (κ2) is 7.67. The first-order valence-corrected chi connectivity index (χ1v) is 8.81. The summed E-state index contributed by atoms with van der Waals surface area (Å²) in [6.07, 6.45) is 1.77. The monoisotopic (exact) mass is 348 g/mol. The van der Waals surface area contributed by atoms with Gasteiger partial charge >= 0.3 is 0 Å². The zero-order valence-corrected chi connectivity index (χ0v) is 15.3. The van der Waals surface area contributed by atoms with Crippen molar-refractivity contribution in [2.75, 3.05) is 0 Å². The Morgan fingerprint density at radius 3 is 2.28 bits per heavy atom. The fourth-order valence-electron chi connectivity index (χ4n) is 3.12. The minimum atomic E-state index is 0.196. The first kappa shape index (κ1) is 17.4. The summed E-state index contributed by atoms with van der Waals surface area (Å²) >= 11 is 6.23. The number of carbonyl (C=O) groups is 1. The molecule has 1 nitrogen and oxygen atoms in total. The third-order valence-electron chi connectivity index (χ3n) is 4.74. The predicted octanol–water partition coefficient (Wildman–Crippen LogP) is 6.14. The van der Waals surface area contributed by atoms with E-state index in [0.29, 0.717) is 5.56 Å². The number of benzene rings is 3. The Morgan fingerprint density at radius 2 is 1.64 bits per heavy atom. The van der Waals surface area contributed by atoms with Crippen LogP contribution < -0.4 is 0 Å². The lowest BCUT2D eigenvalue weighted by atomic mass is 9.85. The number of carbonyl (C=O) groups excluding carboxylic acids is 1. The van der Waals surface area contributed by atoms with Gasteiger partial charge in [-0.3, -0.25) is 4.79 Å². The molecule has 3 aromatic carbocycles. The van der Waals surface area contributed by atoms with Crippen molar-refractivity contribution in [3.63, 3.8) is 0 Å². The summed E-state index contributed by atoms with van der Waals surface area (Å²) in [6, 6.07) is 22.5. The SMILES string of the molecule is Cc1ccc(CC(c2ccc(C=O)cc2)c2cccc(Cl)c2)cc1C. The normalized spacial score (nSPS) is 12.0. The van der Waals surface area contributed by atoms with E-state index in [1.165, 1.54) is 27.8 Å². The highest BCUT2D eigenvalue weighted by molar-refractivity contribution is 6.30. The molecule has 0 aliphatic carbocycles. The summed E-state index contributed by atoms with van der Waals surface area (Å²) < 4.78 is 0. The summed E-state index contributed by atoms with van der Waals surface area (Å²) in [5, 5.41) is 0.743. The Kier molecular flexibility index (Phi) is 5.35. The van der Waals surface area contributed by atoms with Crippen molar-refractivity contribution in [2.45, 2.75) is 26.2 Å². The van der Waals surface area contributed by atoms with Crippen LogP contribution in [0.2, 0.25) is 5.02 Å². The van der Waals surface area contributed by atoms with Gasteiger partial charge in [0.05, 0.1) is 0 Å². The minimum absolute atomic E-state index is 0.196. The van der Waals surface area contributed by atoms with E-state index < -0.39 is 0 Å². The molecule has 0 saturated heterocycles. The maximum Gasteiger partial charge on any atom is 0.150 e. The molecule has 25 heavy (non-hydrogen) atoms. The molecule has 0 aliphatic heterocycles. The molecule has 0 aromatic heterocycles. The molecule has 3 aromatic rings. The van der Waals surface area contributed by atoms with Gasteiger partial charge in [-0.25, -0.2) is 0 Å². The van der Waals surface area contributed by atoms with Gasteiger partial charge in [0.2, 0.25) is 0 Å². The smallest absolute Gasteiger partial charge is 0.150 e. The largest absolute Gasteiger partial charge is 0.298 e. The van der Waals surface area contributed by atoms with Crippen LogP contribution in [0.1, 0.15) is 44.1 Å². The van der Waals surface area contributed by atoms with E-state index in [9.17, 15) is 4.79 Å². The van der Waals surface area contributed by atoms with E-state index in [0.717, 1.165) is 17.7 Å². The van der Waals surface area contributed by atoms with E-state index in [2.05, 4.69) is 38.1 Å². The van der Waals surface area contributed by atoms with Crippen LogP contribution in [0, 0.1) is 13.8 Å². The van der Waals surface area contributed by atoms with Crippen LogP contribution in [0.4, 0.5) is 0 Å². The molecule has 0 amide bonds. The van der Waals surface area contributed by atoms with Crippen molar-refractivity contribution >= 4 is 17.9 Å². The number of aldehydes is 1. The highest BCUT2D eigenvalue weighted by Gasteiger charge is 2.16. The predicted molar refractivity (Wildman–Crippen MR) is 105 cm³/mol. The van der Waals surface area contributed by atoms with E-state index in [1.807, 2.05) is 42.5 Å². The molecule has 0 N–H and O–H groups in total. The molecule has 0 bridgehead atoms. The number of hydrogen-bond donors (Lipinski definition) is 0. The molecule has 2 heteroatoms. The lowest BCUT2D eigenvalue weighted by molar-refractivity contribution is 0.112. The Labute approximate surface area is 154 Å². The summed E-state index contributed by atoms with van der Waals surface area (Å²) in [7, 11) is 0. The quantitative estimate of drug-likeness (QED) is 0.506. The Morgan fingerprint density at radius 1 is 0.880 bits per heavy atom. The third kappa shape index (κ3) is 4.18. The highest BCUT2D eigenvalue weighted by atomic mass is 35.5. The van der Waals surface area contributed by atoms with Gasteiger partial charge in [0, 0.05) is 16.5 Å². The zero-order valence-electron chi connectivity index (χ0n) is 14.5. The second-order valence-corrected chi connectivity index (χ2v) is 6.95. The first-order valence-electron chi connectivity index (χ1n) is 8.43. The van der Waals surface area contributed by atoms with Crippen molar-refractivity contribution < 1.29 is 4.79 Å². The number of rotatable bonds is 5. The van der Waals surface area contributed by atoms with Crippen LogP contribution in [0.15, 0.2) is 66.7 Å². The minimum Gasteiger partial charge on any atom is -0.298 e. The van der Waals surface area contributed by atoms with E-state index >= 15 is 0 Å². The standard InChI is InChI=1S/C23H21ClO/c1-16-6-7-19(12-17(16)2)13-23(21-4-3-5-22(24)14-21)20-10-8-18(15-25)9-11-20/h3-12,14-15,23H,13H2,1-2H3. The van der Waals surface area contributed by atoms with Crippen molar-refractivity contribution in [3.8, 4) is 0 Å². The third-order valence-corrected chi connectivity index (χ3v) is 4.97. The van der Waals surface area contributed by atoms with Gasteiger partial charge in [-0.15, -0.1) is 0 Å². The summed E-state index contributed by atoms with van der Waals surface area (Å²) in [6.45, 7) is 4.28. The van der Waals surface area contributed by atoms with Crippen LogP contribution in [0.5, 0.6) is 0 Å². The van der Waals surface area contributed by atoms with Crippen LogP contribution >= 0.6 is 11.6 Å². The molecule has 0 spiro atoms. The Balaban J connectivity index is 2.01. The first-order chi connectivity index (χ1) is 12.1. The topological polar surface area (TPSA) is 17.1 Å². The summed E-state index contributed by atoms with van der Waals surface area (Å²) in [5.41, 5.74) is 6.97. The summed E-state index contributed by atoms with van der Waals surface area (Å²) in [4.78, 5) is 10.9. The molecular weight excluding hydrogens is 328 g/mol. The van der Waals surface area contributed by atoms with E-state index in [-0.39, 0.29) is 5.92 Å². The number of aryl methyl sites for hydroxylation is 2.